The summed E-state index contributed by atoms with van der Waals surface area (Å²) in [6.07, 6.45) is 6.94. The maximum absolute atomic E-state index is 4.15. The van der Waals surface area contributed by atoms with Gasteiger partial charge >= 0.3 is 0 Å². The highest BCUT2D eigenvalue weighted by molar-refractivity contribution is 5.22. The number of hydrogen-bond acceptors (Lipinski definition) is 3. The van der Waals surface area contributed by atoms with Crippen molar-refractivity contribution in [1.82, 2.24) is 20.1 Å². The molecule has 2 unspecified atom stereocenters. The molecule has 0 spiro atoms. The Morgan fingerprint density at radius 2 is 2.00 bits per heavy atom. The molecule has 2 aromatic rings. The fraction of sp³-hybridized carbons (Fsp3) is 0.500. The number of aryl methyl sites for hydroxylation is 1. The second kappa shape index (κ2) is 6.18. The lowest BCUT2D eigenvalue weighted by atomic mass is 9.80. The molecule has 0 saturated heterocycles. The van der Waals surface area contributed by atoms with Crippen LogP contribution in [0.15, 0.2) is 36.7 Å². The van der Waals surface area contributed by atoms with E-state index >= 15 is 0 Å². The lowest BCUT2D eigenvalue weighted by Gasteiger charge is -2.32. The van der Waals surface area contributed by atoms with Crippen LogP contribution in [0.1, 0.15) is 43.0 Å². The van der Waals surface area contributed by atoms with Crippen molar-refractivity contribution < 1.29 is 0 Å². The van der Waals surface area contributed by atoms with Crippen LogP contribution < -0.4 is 5.32 Å². The molecule has 106 valence electrons. The monoisotopic (exact) mass is 270 g/mol. The Labute approximate surface area is 120 Å². The first-order chi connectivity index (χ1) is 9.84. The Hall–Kier alpha value is -1.68. The van der Waals surface area contributed by atoms with Crippen LogP contribution in [0.2, 0.25) is 0 Å². The standard InChI is InChI=1S/C16H22N4/c1-20-12-18-19-16(20)11-17-15-10-6-5-9-14(15)13-7-3-2-4-8-13/h2-4,7-8,12,14-15,17H,5-6,9-11H2,1H3. The van der Waals surface area contributed by atoms with Crippen LogP contribution in [0.5, 0.6) is 0 Å². The fourth-order valence-corrected chi connectivity index (χ4v) is 3.16. The van der Waals surface area contributed by atoms with Crippen LogP contribution in [0, 0.1) is 0 Å². The van der Waals surface area contributed by atoms with Crippen LogP contribution in [-0.2, 0) is 13.6 Å². The van der Waals surface area contributed by atoms with Crippen molar-refractivity contribution in [3.05, 3.63) is 48.0 Å². The number of hydrogen-bond donors (Lipinski definition) is 1. The summed E-state index contributed by atoms with van der Waals surface area (Å²) in [7, 11) is 1.99. The van der Waals surface area contributed by atoms with Gasteiger partial charge in [-0.3, -0.25) is 0 Å². The predicted molar refractivity (Wildman–Crippen MR) is 79.3 cm³/mol. The van der Waals surface area contributed by atoms with E-state index < -0.39 is 0 Å². The first-order valence-corrected chi connectivity index (χ1v) is 7.46. The second-order valence-corrected chi connectivity index (χ2v) is 5.65. The van der Waals surface area contributed by atoms with Gasteiger partial charge in [-0.1, -0.05) is 43.2 Å². The second-order valence-electron chi connectivity index (χ2n) is 5.65. The lowest BCUT2D eigenvalue weighted by molar-refractivity contribution is 0.323. The van der Waals surface area contributed by atoms with E-state index in [0.29, 0.717) is 12.0 Å². The molecule has 1 heterocycles. The van der Waals surface area contributed by atoms with Crippen molar-refractivity contribution in [3.63, 3.8) is 0 Å². The van der Waals surface area contributed by atoms with E-state index in [4.69, 9.17) is 0 Å². The van der Waals surface area contributed by atoms with Gasteiger partial charge in [-0.2, -0.15) is 0 Å². The zero-order chi connectivity index (χ0) is 13.8. The van der Waals surface area contributed by atoms with E-state index in [0.717, 1.165) is 12.4 Å². The van der Waals surface area contributed by atoms with Crippen molar-refractivity contribution >= 4 is 0 Å². The molecule has 0 radical (unpaired) electrons. The molecule has 3 rings (SSSR count). The Kier molecular flexibility index (Phi) is 4.11. The van der Waals surface area contributed by atoms with E-state index in [1.165, 1.54) is 31.2 Å². The number of rotatable bonds is 4. The molecule has 0 amide bonds. The van der Waals surface area contributed by atoms with E-state index in [1.54, 1.807) is 6.33 Å². The Morgan fingerprint density at radius 1 is 1.20 bits per heavy atom. The summed E-state index contributed by atoms with van der Waals surface area (Å²) in [4.78, 5) is 0. The Bertz CT molecular complexity index is 534. The lowest BCUT2D eigenvalue weighted by Crippen LogP contribution is -2.37. The molecular formula is C16H22N4. The van der Waals surface area contributed by atoms with Gasteiger partial charge in [0, 0.05) is 13.1 Å². The van der Waals surface area contributed by atoms with Crippen LogP contribution in [0.3, 0.4) is 0 Å². The highest BCUT2D eigenvalue weighted by Crippen LogP contribution is 2.33. The van der Waals surface area contributed by atoms with Crippen molar-refractivity contribution in [3.8, 4) is 0 Å². The molecule has 1 saturated carbocycles. The first-order valence-electron chi connectivity index (χ1n) is 7.46. The first kappa shape index (κ1) is 13.3. The molecular weight excluding hydrogens is 248 g/mol. The molecule has 1 aliphatic rings. The summed E-state index contributed by atoms with van der Waals surface area (Å²) >= 11 is 0. The summed E-state index contributed by atoms with van der Waals surface area (Å²) in [5.41, 5.74) is 1.46. The summed E-state index contributed by atoms with van der Waals surface area (Å²) < 4.78 is 1.98. The minimum atomic E-state index is 0.544. The number of benzene rings is 1. The Morgan fingerprint density at radius 3 is 2.75 bits per heavy atom. The minimum absolute atomic E-state index is 0.544. The van der Waals surface area contributed by atoms with Crippen molar-refractivity contribution in [2.75, 3.05) is 0 Å². The minimum Gasteiger partial charge on any atom is -0.320 e. The average Bonchev–Trinajstić information content (AvgIpc) is 2.92. The molecule has 1 aromatic carbocycles. The normalized spacial score (nSPS) is 22.9. The highest BCUT2D eigenvalue weighted by Gasteiger charge is 2.26. The molecule has 1 fully saturated rings. The SMILES string of the molecule is Cn1cnnc1CNC1CCCCC1c1ccccc1. The van der Waals surface area contributed by atoms with Gasteiger partial charge in [-0.25, -0.2) is 0 Å². The van der Waals surface area contributed by atoms with Crippen molar-refractivity contribution in [2.45, 2.75) is 44.2 Å². The van der Waals surface area contributed by atoms with Crippen molar-refractivity contribution in [2.24, 2.45) is 7.05 Å². The summed E-state index contributed by atoms with van der Waals surface area (Å²) in [5, 5.41) is 11.8. The van der Waals surface area contributed by atoms with E-state index in [1.807, 2.05) is 11.6 Å². The average molecular weight is 270 g/mol. The van der Waals surface area contributed by atoms with Crippen LogP contribution >= 0.6 is 0 Å². The largest absolute Gasteiger partial charge is 0.320 e. The van der Waals surface area contributed by atoms with Crippen molar-refractivity contribution in [1.29, 1.82) is 0 Å². The van der Waals surface area contributed by atoms with E-state index in [9.17, 15) is 0 Å². The quantitative estimate of drug-likeness (QED) is 0.928. The Balaban J connectivity index is 1.68. The van der Waals surface area contributed by atoms with Gasteiger partial charge in [-0.15, -0.1) is 10.2 Å². The molecule has 4 nitrogen and oxygen atoms in total. The van der Waals surface area contributed by atoms with Gasteiger partial charge in [-0.05, 0) is 24.3 Å². The van der Waals surface area contributed by atoms with E-state index in [2.05, 4.69) is 45.8 Å². The zero-order valence-electron chi connectivity index (χ0n) is 12.0. The summed E-state index contributed by atoms with van der Waals surface area (Å²) in [6, 6.07) is 11.4. The third kappa shape index (κ3) is 2.90. The third-order valence-electron chi connectivity index (χ3n) is 4.32. The molecule has 1 N–H and O–H groups in total. The van der Waals surface area contributed by atoms with Gasteiger partial charge < -0.3 is 9.88 Å². The zero-order valence-corrected chi connectivity index (χ0v) is 12.0. The number of aromatic nitrogens is 3. The molecule has 1 aliphatic carbocycles. The summed E-state index contributed by atoms with van der Waals surface area (Å²) in [5.74, 6) is 1.63. The van der Waals surface area contributed by atoms with Gasteiger partial charge in [0.25, 0.3) is 0 Å². The molecule has 2 atom stereocenters. The molecule has 1 aromatic heterocycles. The molecule has 20 heavy (non-hydrogen) atoms. The van der Waals surface area contributed by atoms with Gasteiger partial charge in [0.1, 0.15) is 12.2 Å². The predicted octanol–water partition coefficient (Wildman–Crippen LogP) is 2.63. The number of nitrogens with one attached hydrogen (secondary N) is 1. The molecule has 4 heteroatoms. The molecule has 0 aliphatic heterocycles. The van der Waals surface area contributed by atoms with Crippen LogP contribution in [0.25, 0.3) is 0 Å². The summed E-state index contributed by atoms with van der Waals surface area (Å²) in [6.45, 7) is 0.796. The topological polar surface area (TPSA) is 42.7 Å². The van der Waals surface area contributed by atoms with Crippen LogP contribution in [-0.4, -0.2) is 20.8 Å². The van der Waals surface area contributed by atoms with Gasteiger partial charge in [0.15, 0.2) is 0 Å². The maximum Gasteiger partial charge on any atom is 0.146 e. The fourth-order valence-electron chi connectivity index (χ4n) is 3.16. The smallest absolute Gasteiger partial charge is 0.146 e. The highest BCUT2D eigenvalue weighted by atomic mass is 15.3. The maximum atomic E-state index is 4.15. The van der Waals surface area contributed by atoms with Gasteiger partial charge in [0.05, 0.1) is 6.54 Å². The molecule has 0 bridgehead atoms. The number of nitrogens with zero attached hydrogens (tertiary/aromatic N) is 3. The van der Waals surface area contributed by atoms with Gasteiger partial charge in [0.2, 0.25) is 0 Å². The van der Waals surface area contributed by atoms with Crippen LogP contribution in [0.4, 0.5) is 0 Å². The third-order valence-corrected chi connectivity index (χ3v) is 4.32. The van der Waals surface area contributed by atoms with E-state index in [-0.39, 0.29) is 0 Å².